The second-order valence-electron chi connectivity index (χ2n) is 2.98. The summed E-state index contributed by atoms with van der Waals surface area (Å²) in [7, 11) is 1.55. The van der Waals surface area contributed by atoms with Crippen molar-refractivity contribution in [2.24, 2.45) is 0 Å². The lowest BCUT2D eigenvalue weighted by Crippen LogP contribution is -2.20. The Hall–Kier alpha value is -1.49. The zero-order valence-electron chi connectivity index (χ0n) is 7.99. The van der Waals surface area contributed by atoms with E-state index in [1.807, 2.05) is 18.2 Å². The topological polar surface area (TPSA) is 54.9 Å². The molecule has 0 saturated carbocycles. The molecule has 0 aliphatic heterocycles. The second-order valence-corrected chi connectivity index (χ2v) is 3.89. The Morgan fingerprint density at radius 1 is 1.47 bits per heavy atom. The summed E-state index contributed by atoms with van der Waals surface area (Å²) in [6, 6.07) is 5.65. The SMILES string of the molecule is CNC(=O)c1ncc2ccc(Br)cc2n1. The number of carbonyl (C=O) groups is 1. The van der Waals surface area contributed by atoms with Crippen LogP contribution >= 0.6 is 15.9 Å². The minimum atomic E-state index is -0.281. The van der Waals surface area contributed by atoms with Crippen molar-refractivity contribution in [2.75, 3.05) is 7.05 Å². The highest BCUT2D eigenvalue weighted by Crippen LogP contribution is 2.17. The van der Waals surface area contributed by atoms with Gasteiger partial charge in [0.2, 0.25) is 5.82 Å². The maximum Gasteiger partial charge on any atom is 0.288 e. The molecule has 0 atom stereocenters. The molecule has 2 rings (SSSR count). The number of benzene rings is 1. The molecule has 4 nitrogen and oxygen atoms in total. The zero-order valence-corrected chi connectivity index (χ0v) is 9.58. The van der Waals surface area contributed by atoms with Gasteiger partial charge in [0.15, 0.2) is 0 Å². The number of hydrogen-bond donors (Lipinski definition) is 1. The number of nitrogens with zero attached hydrogens (tertiary/aromatic N) is 2. The van der Waals surface area contributed by atoms with Crippen molar-refractivity contribution in [2.45, 2.75) is 0 Å². The summed E-state index contributed by atoms with van der Waals surface area (Å²) >= 11 is 3.35. The molecule has 0 unspecified atom stereocenters. The molecule has 5 heteroatoms. The largest absolute Gasteiger partial charge is 0.352 e. The molecule has 2 aromatic rings. The Morgan fingerprint density at radius 3 is 3.00 bits per heavy atom. The van der Waals surface area contributed by atoms with Crippen molar-refractivity contribution < 1.29 is 4.79 Å². The quantitative estimate of drug-likeness (QED) is 0.855. The van der Waals surface area contributed by atoms with Crippen LogP contribution < -0.4 is 5.32 Å². The maximum absolute atomic E-state index is 11.3. The Labute approximate surface area is 94.9 Å². The molecule has 0 radical (unpaired) electrons. The monoisotopic (exact) mass is 265 g/mol. The maximum atomic E-state index is 11.3. The fourth-order valence-electron chi connectivity index (χ4n) is 1.22. The van der Waals surface area contributed by atoms with Crippen molar-refractivity contribution in [1.82, 2.24) is 15.3 Å². The average Bonchev–Trinajstić information content (AvgIpc) is 2.27. The van der Waals surface area contributed by atoms with Gasteiger partial charge < -0.3 is 5.32 Å². The van der Waals surface area contributed by atoms with Crippen LogP contribution in [0.4, 0.5) is 0 Å². The summed E-state index contributed by atoms with van der Waals surface area (Å²) in [6.45, 7) is 0. The van der Waals surface area contributed by atoms with Crippen molar-refractivity contribution in [3.05, 3.63) is 34.7 Å². The molecule has 76 valence electrons. The van der Waals surface area contributed by atoms with Gasteiger partial charge in [-0.2, -0.15) is 0 Å². The van der Waals surface area contributed by atoms with E-state index in [2.05, 4.69) is 31.2 Å². The van der Waals surface area contributed by atoms with Gasteiger partial charge in [-0.25, -0.2) is 9.97 Å². The van der Waals surface area contributed by atoms with Crippen LogP contribution in [0.5, 0.6) is 0 Å². The first-order valence-corrected chi connectivity index (χ1v) is 5.14. The van der Waals surface area contributed by atoms with E-state index in [0.717, 1.165) is 15.4 Å². The molecule has 0 bridgehead atoms. The van der Waals surface area contributed by atoms with E-state index >= 15 is 0 Å². The molecule has 15 heavy (non-hydrogen) atoms. The summed E-state index contributed by atoms with van der Waals surface area (Å²) in [5.41, 5.74) is 0.748. The smallest absolute Gasteiger partial charge is 0.288 e. The van der Waals surface area contributed by atoms with E-state index in [9.17, 15) is 4.79 Å². The third-order valence-electron chi connectivity index (χ3n) is 1.97. The van der Waals surface area contributed by atoms with Crippen LogP contribution in [0, 0.1) is 0 Å². The average molecular weight is 266 g/mol. The van der Waals surface area contributed by atoms with Gasteiger partial charge in [0.1, 0.15) is 0 Å². The number of rotatable bonds is 1. The van der Waals surface area contributed by atoms with E-state index < -0.39 is 0 Å². The lowest BCUT2D eigenvalue weighted by Gasteiger charge is -2.00. The fourth-order valence-corrected chi connectivity index (χ4v) is 1.57. The van der Waals surface area contributed by atoms with Crippen molar-refractivity contribution in [3.63, 3.8) is 0 Å². The van der Waals surface area contributed by atoms with Crippen LogP contribution in [-0.4, -0.2) is 22.9 Å². The second kappa shape index (κ2) is 3.94. The Bertz CT molecular complexity index is 527. The minimum Gasteiger partial charge on any atom is -0.352 e. The number of carbonyl (C=O) groups excluding carboxylic acids is 1. The molecule has 1 N–H and O–H groups in total. The van der Waals surface area contributed by atoms with Gasteiger partial charge in [-0.05, 0) is 12.1 Å². The number of hydrogen-bond acceptors (Lipinski definition) is 3. The van der Waals surface area contributed by atoms with E-state index in [1.165, 1.54) is 0 Å². The van der Waals surface area contributed by atoms with Crippen LogP contribution in [0.1, 0.15) is 10.6 Å². The molecular weight excluding hydrogens is 258 g/mol. The standard InChI is InChI=1S/C10H8BrN3O/c1-12-10(15)9-13-5-6-2-3-7(11)4-8(6)14-9/h2-5H,1H3,(H,12,15). The normalized spacial score (nSPS) is 10.3. The molecule has 1 amide bonds. The van der Waals surface area contributed by atoms with Crippen LogP contribution in [-0.2, 0) is 0 Å². The minimum absolute atomic E-state index is 0.183. The lowest BCUT2D eigenvalue weighted by molar-refractivity contribution is 0.0953. The number of amides is 1. The van der Waals surface area contributed by atoms with Gasteiger partial charge in [-0.3, -0.25) is 4.79 Å². The molecule has 0 fully saturated rings. The highest BCUT2D eigenvalue weighted by Gasteiger charge is 2.07. The summed E-state index contributed by atoms with van der Waals surface area (Å²) in [6.07, 6.45) is 1.64. The molecule has 0 aliphatic rings. The first-order chi connectivity index (χ1) is 7.20. The Balaban J connectivity index is 2.59. The summed E-state index contributed by atoms with van der Waals surface area (Å²) in [5, 5.41) is 3.39. The third kappa shape index (κ3) is 1.97. The summed E-state index contributed by atoms with van der Waals surface area (Å²) in [5.74, 6) is -0.0972. The van der Waals surface area contributed by atoms with E-state index in [-0.39, 0.29) is 11.7 Å². The highest BCUT2D eigenvalue weighted by molar-refractivity contribution is 9.10. The molecular formula is C10H8BrN3O. The first kappa shape index (κ1) is 10.0. The predicted octanol–water partition coefficient (Wildman–Crippen LogP) is 1.75. The zero-order chi connectivity index (χ0) is 10.8. The molecule has 0 spiro atoms. The van der Waals surface area contributed by atoms with Crippen LogP contribution in [0.15, 0.2) is 28.9 Å². The van der Waals surface area contributed by atoms with E-state index in [4.69, 9.17) is 0 Å². The van der Waals surface area contributed by atoms with Crippen LogP contribution in [0.25, 0.3) is 10.9 Å². The van der Waals surface area contributed by atoms with Gasteiger partial charge >= 0.3 is 0 Å². The molecule has 1 heterocycles. The van der Waals surface area contributed by atoms with Gasteiger partial charge in [0, 0.05) is 23.1 Å². The van der Waals surface area contributed by atoms with Crippen LogP contribution in [0.2, 0.25) is 0 Å². The van der Waals surface area contributed by atoms with Gasteiger partial charge in [0.25, 0.3) is 5.91 Å². The Morgan fingerprint density at radius 2 is 2.27 bits per heavy atom. The van der Waals surface area contributed by atoms with Crippen molar-refractivity contribution in [1.29, 1.82) is 0 Å². The molecule has 0 saturated heterocycles. The van der Waals surface area contributed by atoms with Gasteiger partial charge in [-0.1, -0.05) is 22.0 Å². The predicted molar refractivity (Wildman–Crippen MR) is 60.6 cm³/mol. The lowest BCUT2D eigenvalue weighted by atomic mass is 10.2. The number of fused-ring (bicyclic) bond motifs is 1. The van der Waals surface area contributed by atoms with Crippen LogP contribution in [0.3, 0.4) is 0 Å². The molecule has 0 aliphatic carbocycles. The number of halogens is 1. The first-order valence-electron chi connectivity index (χ1n) is 4.35. The third-order valence-corrected chi connectivity index (χ3v) is 2.47. The molecule has 1 aromatic heterocycles. The van der Waals surface area contributed by atoms with Crippen molar-refractivity contribution >= 4 is 32.7 Å². The molecule has 1 aromatic carbocycles. The Kier molecular flexibility index (Phi) is 2.64. The van der Waals surface area contributed by atoms with Gasteiger partial charge in [0.05, 0.1) is 5.52 Å². The van der Waals surface area contributed by atoms with Crippen molar-refractivity contribution in [3.8, 4) is 0 Å². The van der Waals surface area contributed by atoms with E-state index in [1.54, 1.807) is 13.2 Å². The summed E-state index contributed by atoms with van der Waals surface area (Å²) in [4.78, 5) is 19.4. The number of nitrogens with one attached hydrogen (secondary N) is 1. The fraction of sp³-hybridized carbons (Fsp3) is 0.100. The van der Waals surface area contributed by atoms with Gasteiger partial charge in [-0.15, -0.1) is 0 Å². The highest BCUT2D eigenvalue weighted by atomic mass is 79.9. The summed E-state index contributed by atoms with van der Waals surface area (Å²) < 4.78 is 0.927. The van der Waals surface area contributed by atoms with E-state index in [0.29, 0.717) is 0 Å². The number of aromatic nitrogens is 2.